The Labute approximate surface area is 183 Å². The highest BCUT2D eigenvalue weighted by atomic mass is 19.1. The lowest BCUT2D eigenvalue weighted by Gasteiger charge is -2.23. The first-order chi connectivity index (χ1) is 15.3. The van der Waals surface area contributed by atoms with Gasteiger partial charge >= 0.3 is 0 Å². The number of aromatic nitrogens is 4. The number of nitrogens with zero attached hydrogens (tertiary/aromatic N) is 4. The number of imidazole rings is 1. The molecular formula is C23H22FN5O3. The van der Waals surface area contributed by atoms with E-state index in [1.807, 2.05) is 0 Å². The van der Waals surface area contributed by atoms with Gasteiger partial charge in [0, 0.05) is 12.6 Å². The predicted octanol–water partition coefficient (Wildman–Crippen LogP) is 1.59. The summed E-state index contributed by atoms with van der Waals surface area (Å²) in [7, 11) is 1.70. The third-order valence-electron chi connectivity index (χ3n) is 6.80. The van der Waals surface area contributed by atoms with Crippen molar-refractivity contribution in [3.05, 3.63) is 47.3 Å². The highest BCUT2D eigenvalue weighted by Crippen LogP contribution is 2.68. The van der Waals surface area contributed by atoms with Gasteiger partial charge < -0.3 is 20.1 Å². The van der Waals surface area contributed by atoms with Crippen LogP contribution in [0.3, 0.4) is 0 Å². The molecule has 3 aromatic rings. The van der Waals surface area contributed by atoms with Gasteiger partial charge in [0.2, 0.25) is 5.82 Å². The second kappa shape index (κ2) is 7.08. The summed E-state index contributed by atoms with van der Waals surface area (Å²) in [6, 6.07) is 4.19. The largest absolute Gasteiger partial charge is 0.389 e. The van der Waals surface area contributed by atoms with E-state index < -0.39 is 23.7 Å². The maximum Gasteiger partial charge on any atom is 0.209 e. The van der Waals surface area contributed by atoms with Gasteiger partial charge in [-0.1, -0.05) is 12.0 Å². The molecule has 2 unspecified atom stereocenters. The number of Topliss-reactive ketones (excluding diaryl/α,β-unsaturated/α-hetero) is 1. The minimum atomic E-state index is -1.13. The second-order valence-corrected chi connectivity index (χ2v) is 8.52. The molecule has 2 fully saturated rings. The van der Waals surface area contributed by atoms with Crippen molar-refractivity contribution < 1.29 is 19.4 Å². The fourth-order valence-electron chi connectivity index (χ4n) is 4.94. The third-order valence-corrected chi connectivity index (χ3v) is 6.80. The van der Waals surface area contributed by atoms with E-state index in [4.69, 9.17) is 0 Å². The van der Waals surface area contributed by atoms with Gasteiger partial charge in [-0.05, 0) is 49.8 Å². The number of aryl methyl sites for hydroxylation is 1. The molecule has 3 N–H and O–H groups in total. The van der Waals surface area contributed by atoms with Crippen LogP contribution in [0.4, 0.5) is 10.2 Å². The van der Waals surface area contributed by atoms with E-state index >= 15 is 0 Å². The zero-order valence-corrected chi connectivity index (χ0v) is 17.8. The number of rotatable bonds is 3. The molecule has 1 aromatic carbocycles. The van der Waals surface area contributed by atoms with Gasteiger partial charge in [-0.3, -0.25) is 4.79 Å². The van der Waals surface area contributed by atoms with Crippen LogP contribution in [0.2, 0.25) is 0 Å². The quantitative estimate of drug-likeness (QED) is 0.536. The van der Waals surface area contributed by atoms with Gasteiger partial charge in [0.15, 0.2) is 17.0 Å². The molecule has 0 radical (unpaired) electrons. The SMILES string of the molecule is CNc1nc(C#Cc2ccc(C)c(F)c2)nc2c1ncn2[C@@H]1C2C[C@@]2(C(C)=O)C(O)[C@H]1O. The summed E-state index contributed by atoms with van der Waals surface area (Å²) in [5.74, 6) is 5.74. The first-order valence-electron chi connectivity index (χ1n) is 10.4. The van der Waals surface area contributed by atoms with Crippen molar-refractivity contribution in [2.45, 2.75) is 38.5 Å². The lowest BCUT2D eigenvalue weighted by molar-refractivity contribution is -0.128. The van der Waals surface area contributed by atoms with E-state index in [1.54, 1.807) is 37.0 Å². The lowest BCUT2D eigenvalue weighted by atomic mass is 9.95. The normalized spacial score (nSPS) is 28.2. The van der Waals surface area contributed by atoms with Crippen LogP contribution >= 0.6 is 0 Å². The van der Waals surface area contributed by atoms with Crippen molar-refractivity contribution >= 4 is 22.8 Å². The van der Waals surface area contributed by atoms with Crippen LogP contribution < -0.4 is 5.32 Å². The van der Waals surface area contributed by atoms with Crippen LogP contribution in [-0.4, -0.2) is 54.8 Å². The molecule has 0 bridgehead atoms. The van der Waals surface area contributed by atoms with Crippen molar-refractivity contribution in [1.29, 1.82) is 0 Å². The van der Waals surface area contributed by atoms with Crippen LogP contribution in [0.25, 0.3) is 11.2 Å². The molecule has 2 aliphatic rings. The smallest absolute Gasteiger partial charge is 0.209 e. The van der Waals surface area contributed by atoms with Gasteiger partial charge in [0.05, 0.1) is 23.9 Å². The van der Waals surface area contributed by atoms with E-state index in [-0.39, 0.29) is 23.3 Å². The number of carbonyl (C=O) groups excluding carboxylic acids is 1. The molecule has 0 saturated heterocycles. The molecule has 2 aliphatic carbocycles. The Morgan fingerprint density at radius 3 is 2.75 bits per heavy atom. The molecule has 2 saturated carbocycles. The zero-order chi connectivity index (χ0) is 22.8. The third kappa shape index (κ3) is 2.83. The molecule has 0 aliphatic heterocycles. The average Bonchev–Trinajstić information content (AvgIpc) is 3.32. The van der Waals surface area contributed by atoms with Crippen molar-refractivity contribution in [3.63, 3.8) is 0 Å². The summed E-state index contributed by atoms with van der Waals surface area (Å²) >= 11 is 0. The average molecular weight is 435 g/mol. The number of carbonyl (C=O) groups is 1. The summed E-state index contributed by atoms with van der Waals surface area (Å²) in [6.07, 6.45) is -0.190. The van der Waals surface area contributed by atoms with E-state index in [0.717, 1.165) is 0 Å². The first kappa shape index (κ1) is 20.5. The molecule has 0 amide bonds. The van der Waals surface area contributed by atoms with Crippen LogP contribution in [0.1, 0.15) is 36.3 Å². The van der Waals surface area contributed by atoms with E-state index in [0.29, 0.717) is 34.5 Å². The van der Waals surface area contributed by atoms with Gasteiger partial charge in [-0.2, -0.15) is 0 Å². The fraction of sp³-hybridized carbons (Fsp3) is 0.391. The number of aliphatic hydroxyl groups is 2. The molecule has 8 nitrogen and oxygen atoms in total. The van der Waals surface area contributed by atoms with Crippen molar-refractivity contribution in [2.24, 2.45) is 11.3 Å². The molecule has 0 spiro atoms. The summed E-state index contributed by atoms with van der Waals surface area (Å²) in [4.78, 5) is 25.5. The van der Waals surface area contributed by atoms with E-state index in [2.05, 4.69) is 32.1 Å². The minimum Gasteiger partial charge on any atom is -0.389 e. The molecule has 5 rings (SSSR count). The highest BCUT2D eigenvalue weighted by Gasteiger charge is 2.74. The summed E-state index contributed by atoms with van der Waals surface area (Å²) in [5, 5.41) is 24.3. The Morgan fingerprint density at radius 2 is 2.09 bits per heavy atom. The number of aliphatic hydroxyl groups excluding tert-OH is 2. The zero-order valence-electron chi connectivity index (χ0n) is 17.8. The van der Waals surface area contributed by atoms with Gasteiger partial charge in [0.25, 0.3) is 0 Å². The van der Waals surface area contributed by atoms with Gasteiger partial charge in [-0.25, -0.2) is 19.3 Å². The van der Waals surface area contributed by atoms with E-state index in [1.165, 1.54) is 13.0 Å². The van der Waals surface area contributed by atoms with Gasteiger partial charge in [-0.15, -0.1) is 0 Å². The summed E-state index contributed by atoms with van der Waals surface area (Å²) in [6.45, 7) is 3.13. The van der Waals surface area contributed by atoms with Crippen LogP contribution in [0.15, 0.2) is 24.5 Å². The number of hydrogen-bond donors (Lipinski definition) is 3. The monoisotopic (exact) mass is 435 g/mol. The maximum absolute atomic E-state index is 13.8. The number of hydrogen-bond acceptors (Lipinski definition) is 7. The molecule has 9 heteroatoms. The van der Waals surface area contributed by atoms with Crippen molar-refractivity contribution in [2.75, 3.05) is 12.4 Å². The summed E-state index contributed by atoms with van der Waals surface area (Å²) < 4.78 is 15.5. The van der Waals surface area contributed by atoms with Crippen LogP contribution in [0, 0.1) is 35.9 Å². The van der Waals surface area contributed by atoms with Gasteiger partial charge in [0.1, 0.15) is 17.7 Å². The predicted molar refractivity (Wildman–Crippen MR) is 114 cm³/mol. The Balaban J connectivity index is 1.58. The molecule has 32 heavy (non-hydrogen) atoms. The fourth-order valence-corrected chi connectivity index (χ4v) is 4.94. The Hall–Kier alpha value is -3.35. The minimum absolute atomic E-state index is 0.122. The highest BCUT2D eigenvalue weighted by molar-refractivity contribution is 5.88. The standard InChI is InChI=1S/C23H22FN5O3/c1-11-4-5-13(8-15(11)24)6-7-16-27-21(25-3)17-22(28-16)29(10-26-17)18-14-9-23(14,12(2)30)20(32)19(18)31/h4-5,8,10,14,18-20,31-32H,9H2,1-3H3,(H,25,27,28)/t14?,18-,19+,20?,23+/m1/s1. The summed E-state index contributed by atoms with van der Waals surface area (Å²) in [5.41, 5.74) is 1.05. The Morgan fingerprint density at radius 1 is 1.31 bits per heavy atom. The molecule has 164 valence electrons. The number of nitrogens with one attached hydrogen (secondary N) is 1. The topological polar surface area (TPSA) is 113 Å². The van der Waals surface area contributed by atoms with Crippen molar-refractivity contribution in [1.82, 2.24) is 19.5 Å². The Kier molecular flexibility index (Phi) is 4.55. The molecule has 2 aromatic heterocycles. The number of fused-ring (bicyclic) bond motifs is 2. The van der Waals surface area contributed by atoms with Crippen LogP contribution in [0.5, 0.6) is 0 Å². The molecular weight excluding hydrogens is 413 g/mol. The number of halogens is 1. The number of anilines is 1. The Bertz CT molecular complexity index is 1330. The first-order valence-corrected chi connectivity index (χ1v) is 10.4. The maximum atomic E-state index is 13.8. The molecule has 2 heterocycles. The van der Waals surface area contributed by atoms with E-state index in [9.17, 15) is 19.4 Å². The lowest BCUT2D eigenvalue weighted by Crippen LogP contribution is -2.36. The van der Waals surface area contributed by atoms with Crippen LogP contribution in [-0.2, 0) is 4.79 Å². The van der Waals surface area contributed by atoms with Crippen molar-refractivity contribution in [3.8, 4) is 11.8 Å². The molecule has 5 atom stereocenters. The second-order valence-electron chi connectivity index (χ2n) is 8.52. The number of benzene rings is 1. The number of ketones is 1.